The van der Waals surface area contributed by atoms with Crippen molar-refractivity contribution in [2.75, 3.05) is 13.1 Å². The van der Waals surface area contributed by atoms with Crippen LogP contribution in [-0.2, 0) is 0 Å². The number of carboxylic acids is 1. The van der Waals surface area contributed by atoms with E-state index in [2.05, 4.69) is 25.7 Å². The Labute approximate surface area is 132 Å². The molecule has 2 atom stereocenters. The van der Waals surface area contributed by atoms with Crippen LogP contribution in [0.3, 0.4) is 0 Å². The molecule has 0 radical (unpaired) electrons. The van der Waals surface area contributed by atoms with Crippen molar-refractivity contribution in [1.29, 1.82) is 0 Å². The molecule has 4 heteroatoms. The fourth-order valence-electron chi connectivity index (χ4n) is 3.14. The Morgan fingerprint density at radius 2 is 1.95 bits per heavy atom. The largest absolute Gasteiger partial charge is 0.478 e. The number of likely N-dealkylation sites (tertiary alicyclic amines) is 1. The number of aromatic carboxylic acids is 1. The van der Waals surface area contributed by atoms with Crippen molar-refractivity contribution in [3.63, 3.8) is 0 Å². The molecular formula is C18H26FNO2. The van der Waals surface area contributed by atoms with Crippen LogP contribution in [0.15, 0.2) is 24.3 Å². The standard InChI is InChI=1S/C18H26FNO2/c1-17(2,3)12-20-10-9-18(4,19)11-15(20)13-5-7-14(8-6-13)16(21)22/h5-8,15H,9-12H2,1-4H3,(H,21,22)/t15-,18?/m0/s1. The molecule has 2 rings (SSSR count). The van der Waals surface area contributed by atoms with Crippen molar-refractivity contribution in [1.82, 2.24) is 4.90 Å². The highest BCUT2D eigenvalue weighted by Gasteiger charge is 2.38. The van der Waals surface area contributed by atoms with E-state index in [-0.39, 0.29) is 17.0 Å². The van der Waals surface area contributed by atoms with Gasteiger partial charge in [-0.25, -0.2) is 9.18 Å². The average Bonchev–Trinajstić information content (AvgIpc) is 2.39. The third-order valence-electron chi connectivity index (χ3n) is 4.20. The van der Waals surface area contributed by atoms with E-state index in [0.29, 0.717) is 12.8 Å². The lowest BCUT2D eigenvalue weighted by Gasteiger charge is -2.44. The van der Waals surface area contributed by atoms with E-state index < -0.39 is 11.6 Å². The van der Waals surface area contributed by atoms with Crippen molar-refractivity contribution < 1.29 is 14.3 Å². The molecule has 0 aliphatic carbocycles. The predicted molar refractivity (Wildman–Crippen MR) is 85.9 cm³/mol. The molecule has 1 saturated heterocycles. The van der Waals surface area contributed by atoms with Crippen molar-refractivity contribution in [3.05, 3.63) is 35.4 Å². The maximum absolute atomic E-state index is 14.5. The zero-order valence-corrected chi connectivity index (χ0v) is 13.9. The van der Waals surface area contributed by atoms with Crippen LogP contribution in [0, 0.1) is 5.41 Å². The highest BCUT2D eigenvalue weighted by molar-refractivity contribution is 5.87. The van der Waals surface area contributed by atoms with E-state index in [9.17, 15) is 9.18 Å². The summed E-state index contributed by atoms with van der Waals surface area (Å²) in [5.41, 5.74) is 0.246. The van der Waals surface area contributed by atoms with E-state index >= 15 is 0 Å². The summed E-state index contributed by atoms with van der Waals surface area (Å²) >= 11 is 0. The monoisotopic (exact) mass is 307 g/mol. The molecule has 1 unspecified atom stereocenters. The number of halogens is 1. The van der Waals surface area contributed by atoms with Gasteiger partial charge in [-0.1, -0.05) is 32.9 Å². The van der Waals surface area contributed by atoms with Crippen LogP contribution in [0.5, 0.6) is 0 Å². The first-order chi connectivity index (χ1) is 10.1. The summed E-state index contributed by atoms with van der Waals surface area (Å²) in [4.78, 5) is 13.3. The molecule has 1 aliphatic heterocycles. The van der Waals surface area contributed by atoms with Gasteiger partial charge in [0.15, 0.2) is 0 Å². The fraction of sp³-hybridized carbons (Fsp3) is 0.611. The lowest BCUT2D eigenvalue weighted by atomic mass is 9.84. The molecule has 122 valence electrons. The van der Waals surface area contributed by atoms with E-state index in [1.807, 2.05) is 12.1 Å². The quantitative estimate of drug-likeness (QED) is 0.905. The first-order valence-corrected chi connectivity index (χ1v) is 7.84. The SMILES string of the molecule is CC(C)(C)CN1CCC(C)(F)C[C@H]1c1ccc(C(=O)O)cc1. The van der Waals surface area contributed by atoms with Gasteiger partial charge < -0.3 is 5.11 Å². The number of alkyl halides is 1. The fourth-order valence-corrected chi connectivity index (χ4v) is 3.14. The summed E-state index contributed by atoms with van der Waals surface area (Å²) in [5, 5.41) is 9.00. The lowest BCUT2D eigenvalue weighted by Crippen LogP contribution is -2.45. The molecule has 22 heavy (non-hydrogen) atoms. The van der Waals surface area contributed by atoms with E-state index in [1.165, 1.54) is 0 Å². The van der Waals surface area contributed by atoms with Crippen LogP contribution < -0.4 is 0 Å². The van der Waals surface area contributed by atoms with Gasteiger partial charge in [0.2, 0.25) is 0 Å². The predicted octanol–water partition coefficient (Wildman–Crippen LogP) is 4.30. The zero-order valence-electron chi connectivity index (χ0n) is 13.9. The number of hydrogen-bond donors (Lipinski definition) is 1. The minimum atomic E-state index is -1.16. The Balaban J connectivity index is 2.26. The molecule has 1 aromatic carbocycles. The molecule has 0 amide bonds. The van der Waals surface area contributed by atoms with Gasteiger partial charge in [0.05, 0.1) is 5.56 Å². The molecule has 1 N–H and O–H groups in total. The van der Waals surface area contributed by atoms with E-state index in [0.717, 1.165) is 18.7 Å². The Morgan fingerprint density at radius 3 is 2.45 bits per heavy atom. The number of piperidine rings is 1. The summed E-state index contributed by atoms with van der Waals surface area (Å²) in [6, 6.07) is 6.87. The van der Waals surface area contributed by atoms with Gasteiger partial charge in [0.1, 0.15) is 5.67 Å². The van der Waals surface area contributed by atoms with E-state index in [4.69, 9.17) is 5.11 Å². The van der Waals surface area contributed by atoms with Crippen LogP contribution in [0.25, 0.3) is 0 Å². The maximum Gasteiger partial charge on any atom is 0.335 e. The van der Waals surface area contributed by atoms with Crippen molar-refractivity contribution in [2.24, 2.45) is 5.41 Å². The summed E-state index contributed by atoms with van der Waals surface area (Å²) in [6.07, 6.45) is 1.00. The normalized spacial score (nSPS) is 26.9. The molecule has 1 heterocycles. The minimum Gasteiger partial charge on any atom is -0.478 e. The van der Waals surface area contributed by atoms with Gasteiger partial charge in [0, 0.05) is 25.6 Å². The van der Waals surface area contributed by atoms with Gasteiger partial charge in [0.25, 0.3) is 0 Å². The number of hydrogen-bond acceptors (Lipinski definition) is 2. The second-order valence-corrected chi connectivity index (χ2v) is 7.84. The number of benzene rings is 1. The minimum absolute atomic E-state index is 0.00539. The second kappa shape index (κ2) is 5.99. The number of rotatable bonds is 3. The average molecular weight is 307 g/mol. The Morgan fingerprint density at radius 1 is 1.36 bits per heavy atom. The molecule has 3 nitrogen and oxygen atoms in total. The Hall–Kier alpha value is -1.42. The smallest absolute Gasteiger partial charge is 0.335 e. The Bertz CT molecular complexity index is 531. The van der Waals surface area contributed by atoms with Crippen molar-refractivity contribution in [3.8, 4) is 0 Å². The summed E-state index contributed by atoms with van der Waals surface area (Å²) < 4.78 is 14.5. The lowest BCUT2D eigenvalue weighted by molar-refractivity contribution is 0.0124. The molecule has 1 fully saturated rings. The van der Waals surface area contributed by atoms with Gasteiger partial charge in [-0.05, 0) is 36.5 Å². The van der Waals surface area contributed by atoms with E-state index in [1.54, 1.807) is 19.1 Å². The van der Waals surface area contributed by atoms with Gasteiger partial charge in [-0.3, -0.25) is 4.90 Å². The highest BCUT2D eigenvalue weighted by Crippen LogP contribution is 2.40. The van der Waals surface area contributed by atoms with Crippen LogP contribution in [0.2, 0.25) is 0 Å². The Kier molecular flexibility index (Phi) is 4.62. The zero-order chi connectivity index (χ0) is 16.5. The van der Waals surface area contributed by atoms with Crippen LogP contribution in [0.4, 0.5) is 4.39 Å². The van der Waals surface area contributed by atoms with Gasteiger partial charge in [-0.15, -0.1) is 0 Å². The molecule has 0 bridgehead atoms. The first-order valence-electron chi connectivity index (χ1n) is 7.84. The first kappa shape index (κ1) is 16.9. The number of nitrogens with zero attached hydrogens (tertiary/aromatic N) is 1. The third-order valence-corrected chi connectivity index (χ3v) is 4.20. The summed E-state index contributed by atoms with van der Waals surface area (Å²) in [5.74, 6) is -0.933. The molecule has 0 saturated carbocycles. The molecule has 1 aromatic rings. The van der Waals surface area contributed by atoms with Crippen LogP contribution in [-0.4, -0.2) is 34.7 Å². The van der Waals surface area contributed by atoms with Gasteiger partial charge >= 0.3 is 5.97 Å². The molecule has 0 aromatic heterocycles. The highest BCUT2D eigenvalue weighted by atomic mass is 19.1. The third kappa shape index (κ3) is 4.29. The topological polar surface area (TPSA) is 40.5 Å². The number of carboxylic acid groups (broad SMARTS) is 1. The summed E-state index contributed by atoms with van der Waals surface area (Å²) in [6.45, 7) is 9.84. The van der Waals surface area contributed by atoms with Crippen molar-refractivity contribution >= 4 is 5.97 Å². The molecule has 1 aliphatic rings. The molecular weight excluding hydrogens is 281 g/mol. The maximum atomic E-state index is 14.5. The van der Waals surface area contributed by atoms with Crippen LogP contribution >= 0.6 is 0 Å². The van der Waals surface area contributed by atoms with Crippen molar-refractivity contribution in [2.45, 2.75) is 52.2 Å². The van der Waals surface area contributed by atoms with Crippen LogP contribution in [0.1, 0.15) is 62.5 Å². The number of carbonyl (C=O) groups is 1. The second-order valence-electron chi connectivity index (χ2n) is 7.84. The molecule has 0 spiro atoms. The summed E-state index contributed by atoms with van der Waals surface area (Å²) in [7, 11) is 0. The van der Waals surface area contributed by atoms with Gasteiger partial charge in [-0.2, -0.15) is 0 Å².